The number of esters is 1. The van der Waals surface area contributed by atoms with Gasteiger partial charge in [0.05, 0.1) is 0 Å². The first-order chi connectivity index (χ1) is 10.1. The molecule has 1 aliphatic rings. The third kappa shape index (κ3) is 5.10. The molecule has 0 radical (unpaired) electrons. The molecular weight excluding hydrogens is 270 g/mol. The smallest absolute Gasteiger partial charge is 0.347 e. The highest BCUT2D eigenvalue weighted by Gasteiger charge is 2.20. The average molecular weight is 291 g/mol. The van der Waals surface area contributed by atoms with Crippen molar-refractivity contribution in [1.29, 1.82) is 0 Å². The molecule has 21 heavy (non-hydrogen) atoms. The van der Waals surface area contributed by atoms with Crippen molar-refractivity contribution in [2.24, 2.45) is 0 Å². The molecule has 0 saturated heterocycles. The van der Waals surface area contributed by atoms with E-state index in [2.05, 4.69) is 5.32 Å². The number of benzene rings is 1. The Kier molecular flexibility index (Phi) is 5.60. The standard InChI is InChI=1S/C16H21NO4/c1-12(21-14-9-3-2-4-10-14)16(19)20-11-15(18)17-13-7-5-6-8-13/h2-4,9-10,12-13H,5-8,11H2,1H3,(H,17,18)/t12-/m1/s1. The SMILES string of the molecule is C[C@@H](Oc1ccccc1)C(=O)OCC(=O)NC1CCCC1. The molecule has 5 heteroatoms. The van der Waals surface area contributed by atoms with Gasteiger partial charge in [0.25, 0.3) is 5.91 Å². The molecular formula is C16H21NO4. The number of hydrogen-bond donors (Lipinski definition) is 1. The van der Waals surface area contributed by atoms with Gasteiger partial charge >= 0.3 is 5.97 Å². The van der Waals surface area contributed by atoms with Crippen molar-refractivity contribution >= 4 is 11.9 Å². The Morgan fingerprint density at radius 3 is 2.57 bits per heavy atom. The van der Waals surface area contributed by atoms with E-state index >= 15 is 0 Å². The van der Waals surface area contributed by atoms with Crippen molar-refractivity contribution in [2.75, 3.05) is 6.61 Å². The summed E-state index contributed by atoms with van der Waals surface area (Å²) in [6.45, 7) is 1.35. The number of hydrogen-bond acceptors (Lipinski definition) is 4. The Bertz CT molecular complexity index is 468. The summed E-state index contributed by atoms with van der Waals surface area (Å²) in [4.78, 5) is 23.4. The second kappa shape index (κ2) is 7.67. The first-order valence-corrected chi connectivity index (χ1v) is 7.33. The zero-order valence-electron chi connectivity index (χ0n) is 12.2. The molecule has 1 saturated carbocycles. The lowest BCUT2D eigenvalue weighted by atomic mass is 10.2. The van der Waals surface area contributed by atoms with Crippen LogP contribution in [0.5, 0.6) is 5.75 Å². The van der Waals surface area contributed by atoms with E-state index in [1.54, 1.807) is 19.1 Å². The first-order valence-electron chi connectivity index (χ1n) is 7.33. The molecule has 0 bridgehead atoms. The van der Waals surface area contributed by atoms with Crippen LogP contribution in [0.4, 0.5) is 0 Å². The Morgan fingerprint density at radius 1 is 1.24 bits per heavy atom. The molecule has 2 rings (SSSR count). The highest BCUT2D eigenvalue weighted by Crippen LogP contribution is 2.17. The van der Waals surface area contributed by atoms with Crippen LogP contribution in [0.1, 0.15) is 32.6 Å². The zero-order valence-corrected chi connectivity index (χ0v) is 12.2. The fourth-order valence-corrected chi connectivity index (χ4v) is 2.34. The van der Waals surface area contributed by atoms with Gasteiger partial charge in [0, 0.05) is 6.04 Å². The van der Waals surface area contributed by atoms with Crippen molar-refractivity contribution in [3.05, 3.63) is 30.3 Å². The van der Waals surface area contributed by atoms with Gasteiger partial charge in [-0.3, -0.25) is 4.79 Å². The van der Waals surface area contributed by atoms with E-state index in [1.807, 2.05) is 18.2 Å². The van der Waals surface area contributed by atoms with Crippen LogP contribution in [0.15, 0.2) is 30.3 Å². The summed E-state index contributed by atoms with van der Waals surface area (Å²) in [6, 6.07) is 9.26. The minimum absolute atomic E-state index is 0.231. The van der Waals surface area contributed by atoms with Gasteiger partial charge in [-0.1, -0.05) is 31.0 Å². The van der Waals surface area contributed by atoms with E-state index in [9.17, 15) is 9.59 Å². The highest BCUT2D eigenvalue weighted by atomic mass is 16.6. The van der Waals surface area contributed by atoms with Crippen molar-refractivity contribution in [2.45, 2.75) is 44.8 Å². The van der Waals surface area contributed by atoms with Gasteiger partial charge < -0.3 is 14.8 Å². The van der Waals surface area contributed by atoms with Gasteiger partial charge in [0.15, 0.2) is 12.7 Å². The normalized spacial score (nSPS) is 16.2. The maximum Gasteiger partial charge on any atom is 0.347 e. The van der Waals surface area contributed by atoms with Crippen molar-refractivity contribution < 1.29 is 19.1 Å². The topological polar surface area (TPSA) is 64.6 Å². The van der Waals surface area contributed by atoms with Crippen LogP contribution in [0, 0.1) is 0 Å². The van der Waals surface area contributed by atoms with Crippen LogP contribution < -0.4 is 10.1 Å². The third-order valence-electron chi connectivity index (χ3n) is 3.45. The summed E-state index contributed by atoms with van der Waals surface area (Å²) in [5.74, 6) is -0.194. The Labute approximate surface area is 124 Å². The fraction of sp³-hybridized carbons (Fsp3) is 0.500. The summed E-state index contributed by atoms with van der Waals surface area (Å²) in [5, 5.41) is 2.87. The lowest BCUT2D eigenvalue weighted by Gasteiger charge is -2.15. The maximum atomic E-state index is 11.8. The molecule has 1 aliphatic carbocycles. The second-order valence-corrected chi connectivity index (χ2v) is 5.23. The average Bonchev–Trinajstić information content (AvgIpc) is 2.98. The minimum Gasteiger partial charge on any atom is -0.479 e. The molecule has 0 aliphatic heterocycles. The summed E-state index contributed by atoms with van der Waals surface area (Å²) in [6.07, 6.45) is 3.56. The summed E-state index contributed by atoms with van der Waals surface area (Å²) < 4.78 is 10.4. The van der Waals surface area contributed by atoms with Crippen molar-refractivity contribution in [3.8, 4) is 5.75 Å². The van der Waals surface area contributed by atoms with Gasteiger partial charge in [-0.05, 0) is 31.9 Å². The predicted octanol–water partition coefficient (Wildman–Crippen LogP) is 2.06. The Hall–Kier alpha value is -2.04. The second-order valence-electron chi connectivity index (χ2n) is 5.23. The van der Waals surface area contributed by atoms with Gasteiger partial charge in [0.2, 0.25) is 0 Å². The molecule has 1 amide bonds. The first kappa shape index (κ1) is 15.4. The van der Waals surface area contributed by atoms with Crippen LogP contribution >= 0.6 is 0 Å². The van der Waals surface area contributed by atoms with Gasteiger partial charge in [0.1, 0.15) is 5.75 Å². The summed E-state index contributed by atoms with van der Waals surface area (Å²) >= 11 is 0. The predicted molar refractivity (Wildman–Crippen MR) is 77.9 cm³/mol. The minimum atomic E-state index is -0.744. The lowest BCUT2D eigenvalue weighted by molar-refractivity contribution is -0.154. The third-order valence-corrected chi connectivity index (χ3v) is 3.45. The molecule has 1 fully saturated rings. The van der Waals surface area contributed by atoms with E-state index in [1.165, 1.54) is 0 Å². The number of ether oxygens (including phenoxy) is 2. The number of carbonyl (C=O) groups is 2. The molecule has 0 aromatic heterocycles. The van der Waals surface area contributed by atoms with Crippen molar-refractivity contribution in [1.82, 2.24) is 5.32 Å². The van der Waals surface area contributed by atoms with Crippen LogP contribution in [-0.2, 0) is 14.3 Å². The molecule has 5 nitrogen and oxygen atoms in total. The fourth-order valence-electron chi connectivity index (χ4n) is 2.34. The van der Waals surface area contributed by atoms with Crippen molar-refractivity contribution in [3.63, 3.8) is 0 Å². The van der Waals surface area contributed by atoms with Crippen LogP contribution in [-0.4, -0.2) is 30.6 Å². The molecule has 0 heterocycles. The molecule has 114 valence electrons. The van der Waals surface area contributed by atoms with Crippen LogP contribution in [0.3, 0.4) is 0 Å². The zero-order chi connectivity index (χ0) is 15.1. The largest absolute Gasteiger partial charge is 0.479 e. The lowest BCUT2D eigenvalue weighted by Crippen LogP contribution is -2.37. The van der Waals surface area contributed by atoms with E-state index in [-0.39, 0.29) is 18.6 Å². The van der Waals surface area contributed by atoms with Crippen LogP contribution in [0.2, 0.25) is 0 Å². The quantitative estimate of drug-likeness (QED) is 0.815. The van der Waals surface area contributed by atoms with E-state index in [0.717, 1.165) is 25.7 Å². The Morgan fingerprint density at radius 2 is 1.90 bits per heavy atom. The van der Waals surface area contributed by atoms with E-state index < -0.39 is 12.1 Å². The molecule has 0 unspecified atom stereocenters. The molecule has 1 atom stereocenters. The van der Waals surface area contributed by atoms with Gasteiger partial charge in [-0.2, -0.15) is 0 Å². The summed E-state index contributed by atoms with van der Waals surface area (Å²) in [7, 11) is 0. The van der Waals surface area contributed by atoms with Gasteiger partial charge in [-0.15, -0.1) is 0 Å². The molecule has 1 N–H and O–H groups in total. The molecule has 1 aromatic carbocycles. The number of rotatable bonds is 6. The van der Waals surface area contributed by atoms with E-state index in [0.29, 0.717) is 5.75 Å². The number of amides is 1. The molecule has 1 aromatic rings. The monoisotopic (exact) mass is 291 g/mol. The van der Waals surface area contributed by atoms with Crippen LogP contribution in [0.25, 0.3) is 0 Å². The maximum absolute atomic E-state index is 11.8. The summed E-state index contributed by atoms with van der Waals surface area (Å²) in [5.41, 5.74) is 0. The van der Waals surface area contributed by atoms with E-state index in [4.69, 9.17) is 9.47 Å². The van der Waals surface area contributed by atoms with Gasteiger partial charge in [-0.25, -0.2) is 4.79 Å². The number of nitrogens with one attached hydrogen (secondary N) is 1. The molecule has 0 spiro atoms. The number of carbonyl (C=O) groups excluding carboxylic acids is 2. The highest BCUT2D eigenvalue weighted by molar-refractivity contribution is 5.82. The Balaban J connectivity index is 1.69. The number of para-hydroxylation sites is 1.